The van der Waals surface area contributed by atoms with Gasteiger partial charge in [0.15, 0.2) is 0 Å². The molecule has 1 fully saturated rings. The van der Waals surface area contributed by atoms with Crippen LogP contribution >= 0.6 is 0 Å². The van der Waals surface area contributed by atoms with Gasteiger partial charge >= 0.3 is 0 Å². The van der Waals surface area contributed by atoms with Crippen molar-refractivity contribution < 1.29 is 14.3 Å². The van der Waals surface area contributed by atoms with E-state index in [1.807, 2.05) is 31.3 Å². The predicted molar refractivity (Wildman–Crippen MR) is 89.6 cm³/mol. The molecule has 1 aliphatic rings. The average Bonchev–Trinajstić information content (AvgIpc) is 2.96. The van der Waals surface area contributed by atoms with E-state index in [0.29, 0.717) is 18.8 Å². The average molecular weight is 319 g/mol. The molecule has 1 heterocycles. The van der Waals surface area contributed by atoms with Gasteiger partial charge in [-0.25, -0.2) is 0 Å². The van der Waals surface area contributed by atoms with Crippen LogP contribution in [0.25, 0.3) is 0 Å². The summed E-state index contributed by atoms with van der Waals surface area (Å²) in [5.74, 6) is 0.337. The van der Waals surface area contributed by atoms with Crippen molar-refractivity contribution >= 4 is 17.5 Å². The van der Waals surface area contributed by atoms with Crippen molar-refractivity contribution in [1.29, 1.82) is 0 Å². The van der Waals surface area contributed by atoms with E-state index in [2.05, 4.69) is 17.1 Å². The third-order valence-corrected chi connectivity index (χ3v) is 4.19. The van der Waals surface area contributed by atoms with E-state index in [1.54, 1.807) is 12.0 Å². The van der Waals surface area contributed by atoms with E-state index < -0.39 is 0 Å². The summed E-state index contributed by atoms with van der Waals surface area (Å²) in [6.07, 6.45) is 0.257. The second kappa shape index (κ2) is 7.97. The lowest BCUT2D eigenvalue weighted by molar-refractivity contribution is -0.126. The molecule has 1 N–H and O–H groups in total. The quantitative estimate of drug-likeness (QED) is 0.818. The van der Waals surface area contributed by atoms with Gasteiger partial charge in [-0.2, -0.15) is 0 Å². The van der Waals surface area contributed by atoms with Crippen LogP contribution in [0.15, 0.2) is 24.3 Å². The molecule has 1 saturated heterocycles. The van der Waals surface area contributed by atoms with Crippen LogP contribution in [0.2, 0.25) is 0 Å². The zero-order chi connectivity index (χ0) is 16.8. The minimum absolute atomic E-state index is 0.0240. The Morgan fingerprint density at radius 1 is 1.48 bits per heavy atom. The van der Waals surface area contributed by atoms with Gasteiger partial charge in [0.1, 0.15) is 5.75 Å². The van der Waals surface area contributed by atoms with Crippen LogP contribution in [0, 0.1) is 5.92 Å². The molecule has 2 rings (SSSR count). The Kier molecular flexibility index (Phi) is 5.98. The van der Waals surface area contributed by atoms with Gasteiger partial charge in [0.2, 0.25) is 11.8 Å². The van der Waals surface area contributed by atoms with Crippen molar-refractivity contribution in [3.63, 3.8) is 0 Å². The molecular formula is C17H25N3O3. The highest BCUT2D eigenvalue weighted by Gasteiger charge is 2.35. The molecule has 0 aliphatic carbocycles. The van der Waals surface area contributed by atoms with E-state index in [1.165, 1.54) is 0 Å². The second-order valence-corrected chi connectivity index (χ2v) is 5.79. The molecule has 1 unspecified atom stereocenters. The number of likely N-dealkylation sites (N-methyl/N-ethyl adjacent to an activating group) is 1. The summed E-state index contributed by atoms with van der Waals surface area (Å²) in [7, 11) is 3.60. The minimum Gasteiger partial charge on any atom is -0.497 e. The number of rotatable bonds is 7. The number of carbonyl (C=O) groups excluding carboxylic acids is 2. The highest BCUT2D eigenvalue weighted by Crippen LogP contribution is 2.27. The standard InChI is InChI=1S/C17H25N3O3/c1-4-19(2)9-8-18-17(22)13-10-16(21)20(12-13)14-6-5-7-15(11-14)23-3/h5-7,11,13H,4,8-10,12H2,1-3H3,(H,18,22). The van der Waals surface area contributed by atoms with Gasteiger partial charge in [0.25, 0.3) is 0 Å². The number of benzene rings is 1. The third kappa shape index (κ3) is 4.45. The summed E-state index contributed by atoms with van der Waals surface area (Å²) in [5, 5.41) is 2.92. The van der Waals surface area contributed by atoms with Crippen molar-refractivity contribution in [2.24, 2.45) is 5.92 Å². The number of nitrogens with zero attached hydrogens (tertiary/aromatic N) is 2. The number of nitrogens with one attached hydrogen (secondary N) is 1. The molecule has 126 valence electrons. The first-order valence-corrected chi connectivity index (χ1v) is 7.95. The minimum atomic E-state index is -0.291. The van der Waals surface area contributed by atoms with Gasteiger partial charge in [-0.05, 0) is 25.7 Å². The van der Waals surface area contributed by atoms with Gasteiger partial charge in [-0.3, -0.25) is 9.59 Å². The van der Waals surface area contributed by atoms with Crippen molar-refractivity contribution in [3.05, 3.63) is 24.3 Å². The van der Waals surface area contributed by atoms with Gasteiger partial charge < -0.3 is 19.9 Å². The predicted octanol–water partition coefficient (Wildman–Crippen LogP) is 1.12. The number of methoxy groups -OCH3 is 1. The maximum Gasteiger partial charge on any atom is 0.227 e. The topological polar surface area (TPSA) is 61.9 Å². The van der Waals surface area contributed by atoms with Crippen LogP contribution in [-0.2, 0) is 9.59 Å². The smallest absolute Gasteiger partial charge is 0.227 e. The Hall–Kier alpha value is -2.08. The van der Waals surface area contributed by atoms with E-state index in [9.17, 15) is 9.59 Å². The first-order chi connectivity index (χ1) is 11.0. The molecule has 1 aromatic rings. The van der Waals surface area contributed by atoms with E-state index >= 15 is 0 Å². The number of amides is 2. The molecule has 1 aromatic carbocycles. The molecule has 0 spiro atoms. The fourth-order valence-corrected chi connectivity index (χ4v) is 2.58. The maximum atomic E-state index is 12.2. The van der Waals surface area contributed by atoms with Gasteiger partial charge in [-0.15, -0.1) is 0 Å². The fourth-order valence-electron chi connectivity index (χ4n) is 2.58. The van der Waals surface area contributed by atoms with Gasteiger partial charge in [-0.1, -0.05) is 13.0 Å². The lowest BCUT2D eigenvalue weighted by atomic mass is 10.1. The number of anilines is 1. The van der Waals surface area contributed by atoms with E-state index in [4.69, 9.17) is 4.74 Å². The molecule has 0 aromatic heterocycles. The molecule has 2 amide bonds. The van der Waals surface area contributed by atoms with Crippen LogP contribution in [-0.4, -0.2) is 57.1 Å². The molecule has 6 nitrogen and oxygen atoms in total. The zero-order valence-corrected chi connectivity index (χ0v) is 14.0. The lowest BCUT2D eigenvalue weighted by Crippen LogP contribution is -2.37. The molecule has 0 radical (unpaired) electrons. The number of ether oxygens (including phenoxy) is 1. The molecule has 23 heavy (non-hydrogen) atoms. The highest BCUT2D eigenvalue weighted by atomic mass is 16.5. The number of carbonyl (C=O) groups is 2. The monoisotopic (exact) mass is 319 g/mol. The van der Waals surface area contributed by atoms with Crippen LogP contribution in [0.3, 0.4) is 0 Å². The summed E-state index contributed by atoms with van der Waals surface area (Å²) >= 11 is 0. The Balaban J connectivity index is 1.92. The van der Waals surface area contributed by atoms with Gasteiger partial charge in [0.05, 0.1) is 13.0 Å². The summed E-state index contributed by atoms with van der Waals surface area (Å²) in [6, 6.07) is 7.35. The summed E-state index contributed by atoms with van der Waals surface area (Å²) < 4.78 is 5.19. The molecule has 1 aliphatic heterocycles. The molecule has 6 heteroatoms. The van der Waals surface area contributed by atoms with Crippen molar-refractivity contribution in [3.8, 4) is 5.75 Å². The maximum absolute atomic E-state index is 12.2. The first-order valence-electron chi connectivity index (χ1n) is 7.95. The van der Waals surface area contributed by atoms with Crippen molar-refractivity contribution in [2.45, 2.75) is 13.3 Å². The summed E-state index contributed by atoms with van der Waals surface area (Å²) in [5.41, 5.74) is 0.773. The Bertz CT molecular complexity index is 562. The first kappa shape index (κ1) is 17.3. The molecule has 0 bridgehead atoms. The van der Waals surface area contributed by atoms with Crippen molar-refractivity contribution in [2.75, 3.05) is 45.2 Å². The van der Waals surface area contributed by atoms with E-state index in [-0.39, 0.29) is 24.2 Å². The molecule has 0 saturated carbocycles. The molecular weight excluding hydrogens is 294 g/mol. The summed E-state index contributed by atoms with van der Waals surface area (Å²) in [4.78, 5) is 28.2. The Morgan fingerprint density at radius 3 is 2.96 bits per heavy atom. The fraction of sp³-hybridized carbons (Fsp3) is 0.529. The molecule has 1 atom stereocenters. The lowest BCUT2D eigenvalue weighted by Gasteiger charge is -2.18. The SMILES string of the molecule is CCN(C)CCNC(=O)C1CC(=O)N(c2cccc(OC)c2)C1. The van der Waals surface area contributed by atoms with Crippen molar-refractivity contribution in [1.82, 2.24) is 10.2 Å². The Morgan fingerprint density at radius 2 is 2.26 bits per heavy atom. The van der Waals surface area contributed by atoms with Crippen LogP contribution in [0.4, 0.5) is 5.69 Å². The number of hydrogen-bond donors (Lipinski definition) is 1. The normalized spacial score (nSPS) is 17.7. The number of hydrogen-bond acceptors (Lipinski definition) is 4. The van der Waals surface area contributed by atoms with Crippen LogP contribution in [0.1, 0.15) is 13.3 Å². The zero-order valence-electron chi connectivity index (χ0n) is 14.0. The van der Waals surface area contributed by atoms with E-state index in [0.717, 1.165) is 18.8 Å². The highest BCUT2D eigenvalue weighted by molar-refractivity contribution is 6.00. The largest absolute Gasteiger partial charge is 0.497 e. The van der Waals surface area contributed by atoms with Crippen LogP contribution < -0.4 is 15.0 Å². The Labute approximate surface area is 137 Å². The third-order valence-electron chi connectivity index (χ3n) is 4.19. The van der Waals surface area contributed by atoms with Crippen LogP contribution in [0.5, 0.6) is 5.75 Å². The second-order valence-electron chi connectivity index (χ2n) is 5.79. The van der Waals surface area contributed by atoms with Gasteiger partial charge in [0, 0.05) is 37.8 Å². The summed E-state index contributed by atoms with van der Waals surface area (Å²) in [6.45, 7) is 4.85.